The van der Waals surface area contributed by atoms with Crippen molar-refractivity contribution in [3.8, 4) is 0 Å². The fourth-order valence-electron chi connectivity index (χ4n) is 2.68. The van der Waals surface area contributed by atoms with Crippen molar-refractivity contribution in [1.82, 2.24) is 5.32 Å². The quantitative estimate of drug-likeness (QED) is 0.680. The Balaban J connectivity index is 2.51. The number of benzene rings is 2. The average molecular weight is 393 g/mol. The van der Waals surface area contributed by atoms with Crippen LogP contribution >= 0.6 is 22.6 Å². The van der Waals surface area contributed by atoms with Gasteiger partial charge < -0.3 is 5.32 Å². The highest BCUT2D eigenvalue weighted by Crippen LogP contribution is 2.30. The molecule has 112 valence electrons. The van der Waals surface area contributed by atoms with E-state index in [-0.39, 0.29) is 6.04 Å². The van der Waals surface area contributed by atoms with Crippen molar-refractivity contribution < 1.29 is 0 Å². The molecule has 0 spiro atoms. The van der Waals surface area contributed by atoms with Gasteiger partial charge >= 0.3 is 0 Å². The molecule has 0 aromatic heterocycles. The van der Waals surface area contributed by atoms with Crippen LogP contribution in [0, 0.1) is 24.3 Å². The lowest BCUT2D eigenvalue weighted by Gasteiger charge is -2.24. The van der Waals surface area contributed by atoms with Crippen molar-refractivity contribution in [1.29, 1.82) is 0 Å². The monoisotopic (exact) mass is 393 g/mol. The Hall–Kier alpha value is -0.870. The van der Waals surface area contributed by atoms with Gasteiger partial charge in [-0.05, 0) is 90.2 Å². The van der Waals surface area contributed by atoms with Gasteiger partial charge in [-0.3, -0.25) is 0 Å². The van der Waals surface area contributed by atoms with Gasteiger partial charge in [0.1, 0.15) is 0 Å². The molecule has 1 unspecified atom stereocenters. The third-order valence-corrected chi connectivity index (χ3v) is 4.99. The molecule has 1 N–H and O–H groups in total. The summed E-state index contributed by atoms with van der Waals surface area (Å²) in [6.45, 7) is 9.85. The summed E-state index contributed by atoms with van der Waals surface area (Å²) in [5, 5.41) is 3.73. The summed E-state index contributed by atoms with van der Waals surface area (Å²) >= 11 is 2.44. The zero-order valence-corrected chi connectivity index (χ0v) is 15.5. The van der Waals surface area contributed by atoms with E-state index in [9.17, 15) is 0 Å². The standard InChI is InChI=1S/C19H24IN/c1-5-10-21-19(16-8-6-7-9-18(16)20)17-12-14(3)13(2)11-15(17)4/h6-9,11-12,19,21H,5,10H2,1-4H3. The smallest absolute Gasteiger partial charge is 0.0589 e. The lowest BCUT2D eigenvalue weighted by atomic mass is 9.91. The molecule has 0 saturated carbocycles. The van der Waals surface area contributed by atoms with Crippen LogP contribution in [-0.2, 0) is 0 Å². The number of hydrogen-bond acceptors (Lipinski definition) is 1. The molecule has 1 nitrogen and oxygen atoms in total. The van der Waals surface area contributed by atoms with Crippen LogP contribution in [0.2, 0.25) is 0 Å². The summed E-state index contributed by atoms with van der Waals surface area (Å²) < 4.78 is 1.32. The summed E-state index contributed by atoms with van der Waals surface area (Å²) in [5.74, 6) is 0. The predicted molar refractivity (Wildman–Crippen MR) is 99.9 cm³/mol. The van der Waals surface area contributed by atoms with Crippen LogP contribution in [0.3, 0.4) is 0 Å². The second-order valence-corrected chi connectivity index (χ2v) is 6.86. The Morgan fingerprint density at radius 3 is 2.29 bits per heavy atom. The lowest BCUT2D eigenvalue weighted by molar-refractivity contribution is 0.594. The number of hydrogen-bond donors (Lipinski definition) is 1. The van der Waals surface area contributed by atoms with Crippen molar-refractivity contribution in [3.63, 3.8) is 0 Å². The topological polar surface area (TPSA) is 12.0 Å². The molecule has 1 atom stereocenters. The molecule has 21 heavy (non-hydrogen) atoms. The number of nitrogens with one attached hydrogen (secondary N) is 1. The van der Waals surface area contributed by atoms with Crippen molar-refractivity contribution in [2.45, 2.75) is 40.2 Å². The molecular weight excluding hydrogens is 369 g/mol. The summed E-state index contributed by atoms with van der Waals surface area (Å²) in [5.41, 5.74) is 6.87. The largest absolute Gasteiger partial charge is 0.306 e. The van der Waals surface area contributed by atoms with Crippen molar-refractivity contribution in [2.75, 3.05) is 6.54 Å². The first kappa shape index (κ1) is 16.5. The van der Waals surface area contributed by atoms with Gasteiger partial charge in [0, 0.05) is 3.57 Å². The summed E-state index contributed by atoms with van der Waals surface area (Å²) in [4.78, 5) is 0. The second-order valence-electron chi connectivity index (χ2n) is 5.70. The Morgan fingerprint density at radius 1 is 0.952 bits per heavy atom. The molecule has 2 aromatic rings. The van der Waals surface area contributed by atoms with Crippen LogP contribution in [0.1, 0.15) is 47.2 Å². The Morgan fingerprint density at radius 2 is 1.62 bits per heavy atom. The Bertz CT molecular complexity index is 619. The van der Waals surface area contributed by atoms with Gasteiger partial charge in [0.2, 0.25) is 0 Å². The molecule has 0 aliphatic heterocycles. The van der Waals surface area contributed by atoms with E-state index in [0.717, 1.165) is 13.0 Å². The highest BCUT2D eigenvalue weighted by Gasteiger charge is 2.18. The van der Waals surface area contributed by atoms with Gasteiger partial charge in [-0.1, -0.05) is 37.3 Å². The van der Waals surface area contributed by atoms with Gasteiger partial charge in [0.25, 0.3) is 0 Å². The third-order valence-electron chi connectivity index (χ3n) is 4.01. The first-order valence-corrected chi connectivity index (χ1v) is 8.68. The summed E-state index contributed by atoms with van der Waals surface area (Å²) in [6.07, 6.45) is 1.14. The highest BCUT2D eigenvalue weighted by atomic mass is 127. The minimum absolute atomic E-state index is 0.275. The van der Waals surface area contributed by atoms with E-state index in [1.807, 2.05) is 0 Å². The summed E-state index contributed by atoms with van der Waals surface area (Å²) in [7, 11) is 0. The van der Waals surface area contributed by atoms with Crippen LogP contribution < -0.4 is 5.32 Å². The van der Waals surface area contributed by atoms with Gasteiger partial charge in [-0.15, -0.1) is 0 Å². The van der Waals surface area contributed by atoms with E-state index in [1.54, 1.807) is 0 Å². The fraction of sp³-hybridized carbons (Fsp3) is 0.368. The SMILES string of the molecule is CCCNC(c1cc(C)c(C)cc1C)c1ccccc1I. The van der Waals surface area contributed by atoms with Gasteiger partial charge in [0.15, 0.2) is 0 Å². The molecule has 2 heteroatoms. The Labute approximate surface area is 142 Å². The van der Waals surface area contributed by atoms with Gasteiger partial charge in [-0.2, -0.15) is 0 Å². The first-order valence-electron chi connectivity index (χ1n) is 7.60. The molecule has 0 amide bonds. The molecule has 0 aliphatic rings. The maximum Gasteiger partial charge on any atom is 0.0589 e. The normalized spacial score (nSPS) is 12.4. The highest BCUT2D eigenvalue weighted by molar-refractivity contribution is 14.1. The van der Waals surface area contributed by atoms with E-state index < -0.39 is 0 Å². The lowest BCUT2D eigenvalue weighted by Crippen LogP contribution is -2.25. The van der Waals surface area contributed by atoms with Crippen LogP contribution in [0.5, 0.6) is 0 Å². The predicted octanol–water partition coefficient (Wildman–Crippen LogP) is 5.31. The van der Waals surface area contributed by atoms with E-state index in [0.29, 0.717) is 0 Å². The molecule has 0 saturated heterocycles. The molecule has 0 radical (unpaired) electrons. The van der Waals surface area contributed by atoms with E-state index in [1.165, 1.54) is 31.4 Å². The number of rotatable bonds is 5. The zero-order valence-electron chi connectivity index (χ0n) is 13.3. The van der Waals surface area contributed by atoms with Crippen molar-refractivity contribution in [2.24, 2.45) is 0 Å². The van der Waals surface area contributed by atoms with Crippen molar-refractivity contribution >= 4 is 22.6 Å². The first-order chi connectivity index (χ1) is 10.0. The maximum absolute atomic E-state index is 3.73. The molecule has 0 heterocycles. The maximum atomic E-state index is 3.73. The number of halogens is 1. The molecule has 2 aromatic carbocycles. The van der Waals surface area contributed by atoms with Crippen LogP contribution in [0.4, 0.5) is 0 Å². The molecular formula is C19H24IN. The summed E-state index contributed by atoms with van der Waals surface area (Å²) in [6, 6.07) is 13.6. The molecule has 2 rings (SSSR count). The van der Waals surface area contributed by atoms with Crippen LogP contribution in [-0.4, -0.2) is 6.54 Å². The molecule has 0 bridgehead atoms. The van der Waals surface area contributed by atoms with E-state index in [4.69, 9.17) is 0 Å². The molecule has 0 fully saturated rings. The van der Waals surface area contributed by atoms with Gasteiger partial charge in [0.05, 0.1) is 6.04 Å². The van der Waals surface area contributed by atoms with Crippen molar-refractivity contribution in [3.05, 3.63) is 67.8 Å². The number of aryl methyl sites for hydroxylation is 3. The van der Waals surface area contributed by atoms with Crippen LogP contribution in [0.25, 0.3) is 0 Å². The van der Waals surface area contributed by atoms with Gasteiger partial charge in [-0.25, -0.2) is 0 Å². The zero-order chi connectivity index (χ0) is 15.4. The van der Waals surface area contributed by atoms with Crippen LogP contribution in [0.15, 0.2) is 36.4 Å². The average Bonchev–Trinajstić information content (AvgIpc) is 2.46. The van der Waals surface area contributed by atoms with E-state index in [2.05, 4.69) is 92.0 Å². The van der Waals surface area contributed by atoms with E-state index >= 15 is 0 Å². The second kappa shape index (κ2) is 7.41. The fourth-order valence-corrected chi connectivity index (χ4v) is 3.38. The molecule has 0 aliphatic carbocycles. The Kier molecular flexibility index (Phi) is 5.82. The third kappa shape index (κ3) is 3.86. The minimum atomic E-state index is 0.275. The minimum Gasteiger partial charge on any atom is -0.306 e.